The summed E-state index contributed by atoms with van der Waals surface area (Å²) >= 11 is 0. The van der Waals surface area contributed by atoms with Crippen LogP contribution in [0.2, 0.25) is 0 Å². The SMILES string of the molecule is Cc1cccc(F)c1-c1cc(C(=O)NC2CN(C)C2)c2cc(N)ncc2c1. The molecule has 0 aliphatic carbocycles. The molecule has 6 heteroatoms. The standard InChI is InChI=1S/C21H21FN4O/c1-12-4-3-5-18(22)20(12)13-6-14-9-24-19(23)8-16(14)17(7-13)21(27)25-15-10-26(2)11-15/h3-9,15H,10-11H2,1-2H3,(H2,23,24)(H,25,27). The van der Waals surface area contributed by atoms with Crippen molar-refractivity contribution >= 4 is 22.5 Å². The van der Waals surface area contributed by atoms with Gasteiger partial charge in [0.05, 0.1) is 6.04 Å². The van der Waals surface area contributed by atoms with Gasteiger partial charge in [-0.15, -0.1) is 0 Å². The molecule has 1 saturated heterocycles. The molecule has 3 aromatic rings. The van der Waals surface area contributed by atoms with E-state index in [-0.39, 0.29) is 17.8 Å². The van der Waals surface area contributed by atoms with Crippen LogP contribution in [0.3, 0.4) is 0 Å². The minimum Gasteiger partial charge on any atom is -0.384 e. The Morgan fingerprint density at radius 3 is 2.78 bits per heavy atom. The zero-order valence-corrected chi connectivity index (χ0v) is 15.3. The summed E-state index contributed by atoms with van der Waals surface area (Å²) in [4.78, 5) is 19.2. The molecule has 3 N–H and O–H groups in total. The normalized spacial score (nSPS) is 14.9. The Balaban J connectivity index is 1.85. The van der Waals surface area contributed by atoms with Gasteiger partial charge in [-0.05, 0) is 54.8 Å². The number of amides is 1. The lowest BCUT2D eigenvalue weighted by atomic mass is 9.94. The third kappa shape index (κ3) is 3.24. The Morgan fingerprint density at radius 2 is 2.07 bits per heavy atom. The number of nitrogens with one attached hydrogen (secondary N) is 1. The smallest absolute Gasteiger partial charge is 0.252 e. The van der Waals surface area contributed by atoms with Crippen molar-refractivity contribution < 1.29 is 9.18 Å². The predicted molar refractivity (Wildman–Crippen MR) is 105 cm³/mol. The lowest BCUT2D eigenvalue weighted by Gasteiger charge is -2.36. The van der Waals surface area contributed by atoms with Gasteiger partial charge in [-0.25, -0.2) is 9.37 Å². The van der Waals surface area contributed by atoms with E-state index in [0.717, 1.165) is 24.0 Å². The van der Waals surface area contributed by atoms with Crippen LogP contribution in [-0.2, 0) is 0 Å². The lowest BCUT2D eigenvalue weighted by Crippen LogP contribution is -2.57. The summed E-state index contributed by atoms with van der Waals surface area (Å²) in [6, 6.07) is 10.4. The number of halogens is 1. The van der Waals surface area contributed by atoms with E-state index < -0.39 is 0 Å². The van der Waals surface area contributed by atoms with Crippen molar-refractivity contribution in [1.82, 2.24) is 15.2 Å². The van der Waals surface area contributed by atoms with E-state index in [4.69, 9.17) is 5.73 Å². The van der Waals surface area contributed by atoms with Gasteiger partial charge in [0, 0.05) is 35.8 Å². The molecular formula is C21H21FN4O. The molecule has 1 aliphatic heterocycles. The van der Waals surface area contributed by atoms with Gasteiger partial charge >= 0.3 is 0 Å². The first-order valence-corrected chi connectivity index (χ1v) is 8.86. The van der Waals surface area contributed by atoms with Gasteiger partial charge in [0.25, 0.3) is 5.91 Å². The maximum Gasteiger partial charge on any atom is 0.252 e. The van der Waals surface area contributed by atoms with Crippen LogP contribution in [0.1, 0.15) is 15.9 Å². The van der Waals surface area contributed by atoms with Gasteiger partial charge in [-0.3, -0.25) is 4.79 Å². The molecule has 1 fully saturated rings. The van der Waals surface area contributed by atoms with Gasteiger partial charge in [0.1, 0.15) is 11.6 Å². The number of rotatable bonds is 3. The van der Waals surface area contributed by atoms with Crippen molar-refractivity contribution in [3.63, 3.8) is 0 Å². The summed E-state index contributed by atoms with van der Waals surface area (Å²) in [5, 5.41) is 4.51. The number of nitrogens with two attached hydrogens (primary N) is 1. The summed E-state index contributed by atoms with van der Waals surface area (Å²) < 4.78 is 14.5. The highest BCUT2D eigenvalue weighted by molar-refractivity contribution is 6.09. The predicted octanol–water partition coefficient (Wildman–Crippen LogP) is 2.98. The average molecular weight is 364 g/mol. The molecule has 1 amide bonds. The summed E-state index contributed by atoms with van der Waals surface area (Å²) in [5.74, 6) is -0.154. The molecule has 0 unspecified atom stereocenters. The lowest BCUT2D eigenvalue weighted by molar-refractivity contribution is 0.0859. The van der Waals surface area contributed by atoms with E-state index in [2.05, 4.69) is 15.2 Å². The van der Waals surface area contributed by atoms with Gasteiger partial charge in [-0.1, -0.05) is 12.1 Å². The molecule has 4 rings (SSSR count). The first kappa shape index (κ1) is 17.4. The van der Waals surface area contributed by atoms with E-state index in [1.165, 1.54) is 6.07 Å². The first-order valence-electron chi connectivity index (χ1n) is 8.86. The zero-order chi connectivity index (χ0) is 19.1. The minimum atomic E-state index is -0.315. The minimum absolute atomic E-state index is 0.121. The Labute approximate surface area is 157 Å². The fourth-order valence-electron chi connectivity index (χ4n) is 3.66. The summed E-state index contributed by atoms with van der Waals surface area (Å²) in [5.41, 5.74) is 8.28. The van der Waals surface area contributed by atoms with E-state index in [1.807, 2.05) is 26.1 Å². The quantitative estimate of drug-likeness (QED) is 0.750. The first-order chi connectivity index (χ1) is 12.9. The highest BCUT2D eigenvalue weighted by atomic mass is 19.1. The number of nitrogens with zero attached hydrogens (tertiary/aromatic N) is 2. The molecule has 1 aliphatic rings. The van der Waals surface area contributed by atoms with Crippen molar-refractivity contribution in [2.24, 2.45) is 0 Å². The molecule has 0 spiro atoms. The van der Waals surface area contributed by atoms with Crippen molar-refractivity contribution in [3.8, 4) is 11.1 Å². The van der Waals surface area contributed by atoms with Gasteiger partial charge in [0.15, 0.2) is 0 Å². The number of anilines is 1. The maximum absolute atomic E-state index is 14.5. The maximum atomic E-state index is 14.5. The van der Waals surface area contributed by atoms with E-state index in [9.17, 15) is 9.18 Å². The number of pyridine rings is 1. The topological polar surface area (TPSA) is 71.2 Å². The number of likely N-dealkylation sites (tertiary alicyclic amines) is 1. The molecule has 2 aromatic carbocycles. The average Bonchev–Trinajstić information content (AvgIpc) is 2.59. The number of carbonyl (C=O) groups excluding carboxylic acids is 1. The molecule has 27 heavy (non-hydrogen) atoms. The third-order valence-electron chi connectivity index (χ3n) is 5.01. The second-order valence-electron chi connectivity index (χ2n) is 7.18. The number of benzene rings is 2. The van der Waals surface area contributed by atoms with Crippen LogP contribution in [0, 0.1) is 12.7 Å². The van der Waals surface area contributed by atoms with Gasteiger partial charge < -0.3 is 16.0 Å². The van der Waals surface area contributed by atoms with Crippen LogP contribution in [0.5, 0.6) is 0 Å². The number of hydrogen-bond acceptors (Lipinski definition) is 4. The van der Waals surface area contributed by atoms with Crippen molar-refractivity contribution in [2.45, 2.75) is 13.0 Å². The van der Waals surface area contributed by atoms with Crippen molar-refractivity contribution in [3.05, 3.63) is 59.5 Å². The highest BCUT2D eigenvalue weighted by Gasteiger charge is 2.26. The highest BCUT2D eigenvalue weighted by Crippen LogP contribution is 2.32. The van der Waals surface area contributed by atoms with Crippen LogP contribution in [0.15, 0.2) is 42.6 Å². The molecule has 2 heterocycles. The van der Waals surface area contributed by atoms with Gasteiger partial charge in [-0.2, -0.15) is 0 Å². The Morgan fingerprint density at radius 1 is 1.30 bits per heavy atom. The van der Waals surface area contributed by atoms with Crippen LogP contribution >= 0.6 is 0 Å². The summed E-state index contributed by atoms with van der Waals surface area (Å²) in [7, 11) is 2.01. The molecule has 138 valence electrons. The zero-order valence-electron chi connectivity index (χ0n) is 15.3. The molecule has 0 radical (unpaired) electrons. The van der Waals surface area contributed by atoms with E-state index in [1.54, 1.807) is 24.4 Å². The Bertz CT molecular complexity index is 1020. The molecule has 0 atom stereocenters. The Hall–Kier alpha value is -2.99. The van der Waals surface area contributed by atoms with Crippen molar-refractivity contribution in [2.75, 3.05) is 25.9 Å². The number of aromatic nitrogens is 1. The molecular weight excluding hydrogens is 343 g/mol. The Kier molecular flexibility index (Phi) is 4.28. The number of hydrogen-bond donors (Lipinski definition) is 2. The number of carbonyl (C=O) groups is 1. The van der Waals surface area contributed by atoms with Gasteiger partial charge in [0.2, 0.25) is 0 Å². The molecule has 0 saturated carbocycles. The number of nitrogen functional groups attached to an aromatic ring is 1. The monoisotopic (exact) mass is 364 g/mol. The number of aryl methyl sites for hydroxylation is 1. The van der Waals surface area contributed by atoms with Crippen LogP contribution < -0.4 is 11.1 Å². The largest absolute Gasteiger partial charge is 0.384 e. The number of fused-ring (bicyclic) bond motifs is 1. The molecule has 1 aromatic heterocycles. The summed E-state index contributed by atoms with van der Waals surface area (Å²) in [6.45, 7) is 3.49. The van der Waals surface area contributed by atoms with Crippen LogP contribution in [0.4, 0.5) is 10.2 Å². The van der Waals surface area contributed by atoms with E-state index in [0.29, 0.717) is 27.9 Å². The fraction of sp³-hybridized carbons (Fsp3) is 0.238. The molecule has 5 nitrogen and oxygen atoms in total. The fourth-order valence-corrected chi connectivity index (χ4v) is 3.66. The second-order valence-corrected chi connectivity index (χ2v) is 7.18. The van der Waals surface area contributed by atoms with Crippen molar-refractivity contribution in [1.29, 1.82) is 0 Å². The van der Waals surface area contributed by atoms with E-state index >= 15 is 0 Å². The summed E-state index contributed by atoms with van der Waals surface area (Å²) in [6.07, 6.45) is 1.62. The molecule has 0 bridgehead atoms. The second kappa shape index (κ2) is 6.63. The third-order valence-corrected chi connectivity index (χ3v) is 5.01. The number of likely N-dealkylation sites (N-methyl/N-ethyl adjacent to an activating group) is 1. The van der Waals surface area contributed by atoms with Crippen LogP contribution in [0.25, 0.3) is 21.9 Å². The van der Waals surface area contributed by atoms with Crippen LogP contribution in [-0.4, -0.2) is 42.0 Å².